The molecule has 1 aromatic carbocycles. The second-order valence-electron chi connectivity index (χ2n) is 5.55. The van der Waals surface area contributed by atoms with Crippen molar-refractivity contribution in [1.82, 2.24) is 0 Å². The first-order valence-electron chi connectivity index (χ1n) is 7.32. The van der Waals surface area contributed by atoms with E-state index in [0.717, 1.165) is 25.7 Å². The summed E-state index contributed by atoms with van der Waals surface area (Å²) in [6, 6.07) is 1.30. The molecule has 2 rings (SSSR count). The Morgan fingerprint density at radius 1 is 1.05 bits per heavy atom. The van der Waals surface area contributed by atoms with E-state index in [4.69, 9.17) is 19.9 Å². The van der Waals surface area contributed by atoms with Gasteiger partial charge in [0.2, 0.25) is 0 Å². The SMILES string of the molecule is COc1cc(F)c(OC)c(C2(CN)CCCCC2)c1OC. The van der Waals surface area contributed by atoms with Gasteiger partial charge in [-0.3, -0.25) is 0 Å². The number of nitrogens with two attached hydrogens (primary N) is 1. The van der Waals surface area contributed by atoms with E-state index in [-0.39, 0.29) is 11.2 Å². The average Bonchev–Trinajstić information content (AvgIpc) is 2.54. The molecule has 0 bridgehead atoms. The first kappa shape index (κ1) is 15.9. The zero-order valence-electron chi connectivity index (χ0n) is 13.0. The van der Waals surface area contributed by atoms with Crippen LogP contribution in [-0.2, 0) is 5.41 Å². The second kappa shape index (κ2) is 6.52. The maximum Gasteiger partial charge on any atom is 0.169 e. The van der Waals surface area contributed by atoms with E-state index in [1.807, 2.05) is 0 Å². The smallest absolute Gasteiger partial charge is 0.169 e. The predicted octanol–water partition coefficient (Wildman–Crippen LogP) is 3.01. The van der Waals surface area contributed by atoms with Gasteiger partial charge >= 0.3 is 0 Å². The summed E-state index contributed by atoms with van der Waals surface area (Å²) in [7, 11) is 4.54. The van der Waals surface area contributed by atoms with Gasteiger partial charge in [-0.2, -0.15) is 0 Å². The molecule has 0 atom stereocenters. The summed E-state index contributed by atoms with van der Waals surface area (Å²) in [5.41, 5.74) is 6.48. The Bertz CT molecular complexity index is 499. The second-order valence-corrected chi connectivity index (χ2v) is 5.55. The normalized spacial score (nSPS) is 17.4. The lowest BCUT2D eigenvalue weighted by molar-refractivity contribution is 0.263. The topological polar surface area (TPSA) is 53.7 Å². The van der Waals surface area contributed by atoms with Gasteiger partial charge in [-0.05, 0) is 12.8 Å². The van der Waals surface area contributed by atoms with Gasteiger partial charge < -0.3 is 19.9 Å². The number of methoxy groups -OCH3 is 3. The highest BCUT2D eigenvalue weighted by molar-refractivity contribution is 5.58. The predicted molar refractivity (Wildman–Crippen MR) is 79.9 cm³/mol. The molecule has 0 unspecified atom stereocenters. The van der Waals surface area contributed by atoms with Gasteiger partial charge in [0.15, 0.2) is 23.1 Å². The molecule has 0 radical (unpaired) electrons. The molecule has 1 aliphatic carbocycles. The molecule has 5 heteroatoms. The van der Waals surface area contributed by atoms with E-state index in [2.05, 4.69) is 0 Å². The maximum atomic E-state index is 14.4. The van der Waals surface area contributed by atoms with Gasteiger partial charge in [-0.25, -0.2) is 4.39 Å². The van der Waals surface area contributed by atoms with E-state index in [1.54, 1.807) is 7.11 Å². The Balaban J connectivity index is 2.71. The van der Waals surface area contributed by atoms with Crippen LogP contribution in [0.1, 0.15) is 37.7 Å². The maximum absolute atomic E-state index is 14.4. The molecule has 1 fully saturated rings. The minimum absolute atomic E-state index is 0.222. The minimum atomic E-state index is -0.441. The van der Waals surface area contributed by atoms with Crippen molar-refractivity contribution in [2.24, 2.45) is 5.73 Å². The standard InChI is InChI=1S/C16H24FNO3/c1-19-12-9-11(17)14(20-2)13(15(12)21-3)16(10-18)7-5-4-6-8-16/h9H,4-8,10,18H2,1-3H3. The van der Waals surface area contributed by atoms with Gasteiger partial charge in [-0.15, -0.1) is 0 Å². The van der Waals surface area contributed by atoms with Crippen molar-refractivity contribution >= 4 is 0 Å². The largest absolute Gasteiger partial charge is 0.493 e. The fourth-order valence-electron chi connectivity index (χ4n) is 3.41. The quantitative estimate of drug-likeness (QED) is 0.907. The highest BCUT2D eigenvalue weighted by Gasteiger charge is 2.40. The number of rotatable bonds is 5. The lowest BCUT2D eigenvalue weighted by Crippen LogP contribution is -2.38. The van der Waals surface area contributed by atoms with Gasteiger partial charge in [-0.1, -0.05) is 19.3 Å². The summed E-state index contributed by atoms with van der Waals surface area (Å²) in [6.07, 6.45) is 5.13. The zero-order chi connectivity index (χ0) is 15.5. The van der Waals surface area contributed by atoms with Crippen molar-refractivity contribution in [2.45, 2.75) is 37.5 Å². The van der Waals surface area contributed by atoms with Gasteiger partial charge in [0.25, 0.3) is 0 Å². The van der Waals surface area contributed by atoms with Crippen LogP contribution >= 0.6 is 0 Å². The fourth-order valence-corrected chi connectivity index (χ4v) is 3.41. The molecule has 4 nitrogen and oxygen atoms in total. The van der Waals surface area contributed by atoms with Crippen LogP contribution in [0.2, 0.25) is 0 Å². The highest BCUT2D eigenvalue weighted by Crippen LogP contribution is 2.51. The van der Waals surface area contributed by atoms with Crippen LogP contribution < -0.4 is 19.9 Å². The summed E-state index contributed by atoms with van der Waals surface area (Å²) < 4.78 is 30.5. The Morgan fingerprint density at radius 2 is 1.67 bits per heavy atom. The molecule has 118 valence electrons. The summed E-state index contributed by atoms with van der Waals surface area (Å²) in [5, 5.41) is 0. The molecular formula is C16H24FNO3. The van der Waals surface area contributed by atoms with E-state index < -0.39 is 5.82 Å². The summed E-state index contributed by atoms with van der Waals surface area (Å²) in [6.45, 7) is 0.437. The van der Waals surface area contributed by atoms with Crippen molar-refractivity contribution in [3.05, 3.63) is 17.4 Å². The molecule has 1 aliphatic rings. The van der Waals surface area contributed by atoms with Crippen LogP contribution in [0.3, 0.4) is 0 Å². The third-order valence-corrected chi connectivity index (χ3v) is 4.51. The summed E-state index contributed by atoms with van der Waals surface area (Å²) >= 11 is 0. The number of hydrogen-bond donors (Lipinski definition) is 1. The lowest BCUT2D eigenvalue weighted by atomic mass is 9.68. The van der Waals surface area contributed by atoms with Gasteiger partial charge in [0, 0.05) is 18.0 Å². The van der Waals surface area contributed by atoms with Crippen LogP contribution in [-0.4, -0.2) is 27.9 Å². The molecule has 1 saturated carbocycles. The molecule has 0 aromatic heterocycles. The minimum Gasteiger partial charge on any atom is -0.493 e. The molecule has 1 aromatic rings. The van der Waals surface area contributed by atoms with Crippen molar-refractivity contribution in [1.29, 1.82) is 0 Å². The number of benzene rings is 1. The molecule has 21 heavy (non-hydrogen) atoms. The van der Waals surface area contributed by atoms with Crippen molar-refractivity contribution < 1.29 is 18.6 Å². The summed E-state index contributed by atoms with van der Waals surface area (Å²) in [4.78, 5) is 0. The number of ether oxygens (including phenoxy) is 3. The van der Waals surface area contributed by atoms with E-state index >= 15 is 0 Å². The third kappa shape index (κ3) is 2.67. The molecule has 0 heterocycles. The van der Waals surface area contributed by atoms with Crippen LogP contribution in [0.25, 0.3) is 0 Å². The van der Waals surface area contributed by atoms with E-state index in [9.17, 15) is 4.39 Å². The average molecular weight is 297 g/mol. The molecule has 2 N–H and O–H groups in total. The van der Waals surface area contributed by atoms with Gasteiger partial charge in [0.1, 0.15) is 0 Å². The Hall–Kier alpha value is -1.49. The highest BCUT2D eigenvalue weighted by atomic mass is 19.1. The van der Waals surface area contributed by atoms with Crippen LogP contribution in [0.15, 0.2) is 6.07 Å². The molecule has 0 amide bonds. The van der Waals surface area contributed by atoms with Crippen molar-refractivity contribution in [2.75, 3.05) is 27.9 Å². The number of halogens is 1. The molecule has 0 saturated heterocycles. The Labute approximate surface area is 125 Å². The molecular weight excluding hydrogens is 273 g/mol. The third-order valence-electron chi connectivity index (χ3n) is 4.51. The molecule has 0 spiro atoms. The van der Waals surface area contributed by atoms with Crippen LogP contribution in [0.4, 0.5) is 4.39 Å². The lowest BCUT2D eigenvalue weighted by Gasteiger charge is -2.38. The van der Waals surface area contributed by atoms with Crippen LogP contribution in [0, 0.1) is 5.82 Å². The Morgan fingerprint density at radius 3 is 2.14 bits per heavy atom. The monoisotopic (exact) mass is 297 g/mol. The first-order valence-corrected chi connectivity index (χ1v) is 7.32. The van der Waals surface area contributed by atoms with Crippen molar-refractivity contribution in [3.63, 3.8) is 0 Å². The van der Waals surface area contributed by atoms with Crippen molar-refractivity contribution in [3.8, 4) is 17.2 Å². The summed E-state index contributed by atoms with van der Waals surface area (Å²) in [5.74, 6) is 0.691. The van der Waals surface area contributed by atoms with E-state index in [0.29, 0.717) is 23.6 Å². The van der Waals surface area contributed by atoms with E-state index in [1.165, 1.54) is 26.7 Å². The fraction of sp³-hybridized carbons (Fsp3) is 0.625. The first-order chi connectivity index (χ1) is 10.1. The zero-order valence-corrected chi connectivity index (χ0v) is 13.0. The Kier molecular flexibility index (Phi) is 4.93. The van der Waals surface area contributed by atoms with Crippen LogP contribution in [0.5, 0.6) is 17.2 Å². The molecule has 0 aliphatic heterocycles. The van der Waals surface area contributed by atoms with Gasteiger partial charge in [0.05, 0.1) is 26.9 Å². The number of hydrogen-bond acceptors (Lipinski definition) is 4.